The van der Waals surface area contributed by atoms with Crippen molar-refractivity contribution in [2.45, 2.75) is 44.2 Å². The molecule has 3 heterocycles. The van der Waals surface area contributed by atoms with E-state index in [9.17, 15) is 14.3 Å². The van der Waals surface area contributed by atoms with Crippen molar-refractivity contribution in [1.29, 1.82) is 0 Å². The SMILES string of the molecule is CCNC(=O)[C@@]1(O)CCCC(Nc2nc(-c3c[nH]c4ncc(Cl)cc34)ncc2F)C1. The predicted molar refractivity (Wildman–Crippen MR) is 112 cm³/mol. The number of hydrogen-bond acceptors (Lipinski definition) is 6. The molecule has 0 aliphatic heterocycles. The number of aromatic nitrogens is 4. The quantitative estimate of drug-likeness (QED) is 0.492. The molecule has 3 aromatic rings. The molecule has 1 aliphatic rings. The Labute approximate surface area is 177 Å². The first-order valence-corrected chi connectivity index (χ1v) is 10.2. The summed E-state index contributed by atoms with van der Waals surface area (Å²) < 4.78 is 14.4. The smallest absolute Gasteiger partial charge is 0.252 e. The lowest BCUT2D eigenvalue weighted by Crippen LogP contribution is -2.52. The van der Waals surface area contributed by atoms with Crippen molar-refractivity contribution >= 4 is 34.4 Å². The van der Waals surface area contributed by atoms with Gasteiger partial charge in [0.1, 0.15) is 11.2 Å². The highest BCUT2D eigenvalue weighted by Gasteiger charge is 2.41. The first-order chi connectivity index (χ1) is 14.4. The Hall–Kier alpha value is -2.78. The van der Waals surface area contributed by atoms with Gasteiger partial charge in [0.15, 0.2) is 17.5 Å². The van der Waals surface area contributed by atoms with Crippen molar-refractivity contribution in [2.24, 2.45) is 0 Å². The Kier molecular flexibility index (Phi) is 5.57. The van der Waals surface area contributed by atoms with Crippen LogP contribution < -0.4 is 10.6 Å². The average molecular weight is 433 g/mol. The minimum absolute atomic E-state index is 0.0227. The van der Waals surface area contributed by atoms with E-state index in [-0.39, 0.29) is 18.3 Å². The fraction of sp³-hybridized carbons (Fsp3) is 0.400. The lowest BCUT2D eigenvalue weighted by Gasteiger charge is -2.36. The van der Waals surface area contributed by atoms with Gasteiger partial charge in [-0.25, -0.2) is 19.3 Å². The first kappa shape index (κ1) is 20.5. The van der Waals surface area contributed by atoms with Crippen LogP contribution in [0.5, 0.6) is 0 Å². The third-order valence-corrected chi connectivity index (χ3v) is 5.52. The number of aliphatic hydroxyl groups is 1. The topological polar surface area (TPSA) is 116 Å². The first-order valence-electron chi connectivity index (χ1n) is 9.82. The van der Waals surface area contributed by atoms with E-state index in [2.05, 4.69) is 30.6 Å². The monoisotopic (exact) mass is 432 g/mol. The second kappa shape index (κ2) is 8.16. The number of aromatic amines is 1. The second-order valence-corrected chi connectivity index (χ2v) is 7.91. The van der Waals surface area contributed by atoms with Gasteiger partial charge in [-0.2, -0.15) is 0 Å². The summed E-state index contributed by atoms with van der Waals surface area (Å²) >= 11 is 6.05. The predicted octanol–water partition coefficient (Wildman–Crippen LogP) is 3.03. The number of hydrogen-bond donors (Lipinski definition) is 4. The number of likely N-dealkylation sites (N-methyl/N-ethyl adjacent to an activating group) is 1. The maximum absolute atomic E-state index is 14.4. The summed E-state index contributed by atoms with van der Waals surface area (Å²) in [5, 5.41) is 17.6. The van der Waals surface area contributed by atoms with Crippen molar-refractivity contribution in [1.82, 2.24) is 25.3 Å². The fourth-order valence-electron chi connectivity index (χ4n) is 3.86. The molecule has 0 radical (unpaired) electrons. The molecule has 0 aromatic carbocycles. The average Bonchev–Trinajstić information content (AvgIpc) is 3.13. The summed E-state index contributed by atoms with van der Waals surface area (Å²) in [5.74, 6) is -0.677. The number of pyridine rings is 1. The molecule has 1 fully saturated rings. The molecule has 8 nitrogen and oxygen atoms in total. The minimum Gasteiger partial charge on any atom is -0.380 e. The summed E-state index contributed by atoms with van der Waals surface area (Å²) in [5.41, 5.74) is -0.209. The maximum Gasteiger partial charge on any atom is 0.252 e. The standard InChI is InChI=1S/C20H22ClFN6O2/c1-2-23-19(29)20(30)5-3-4-12(7-20)27-18-15(22)10-26-17(28-18)14-9-25-16-13(14)6-11(21)8-24-16/h6,8-10,12,30H,2-5,7H2,1H3,(H,23,29)(H,24,25)(H,26,27,28)/t12?,20-/m1/s1. The zero-order valence-corrected chi connectivity index (χ0v) is 17.1. The third-order valence-electron chi connectivity index (χ3n) is 5.31. The second-order valence-electron chi connectivity index (χ2n) is 7.47. The maximum atomic E-state index is 14.4. The van der Waals surface area contributed by atoms with Gasteiger partial charge in [-0.3, -0.25) is 4.79 Å². The number of halogens is 2. The highest BCUT2D eigenvalue weighted by Crippen LogP contribution is 2.32. The van der Waals surface area contributed by atoms with Crippen molar-refractivity contribution in [3.8, 4) is 11.4 Å². The number of H-pyrrole nitrogens is 1. The molecule has 1 aliphatic carbocycles. The fourth-order valence-corrected chi connectivity index (χ4v) is 4.02. The number of carbonyl (C=O) groups excluding carboxylic acids is 1. The van der Waals surface area contributed by atoms with Crippen LogP contribution >= 0.6 is 11.6 Å². The largest absolute Gasteiger partial charge is 0.380 e. The number of fused-ring (bicyclic) bond motifs is 1. The molecule has 10 heteroatoms. The van der Waals surface area contributed by atoms with Gasteiger partial charge in [0.05, 0.1) is 11.2 Å². The molecule has 4 rings (SSSR count). The van der Waals surface area contributed by atoms with E-state index in [1.807, 2.05) is 0 Å². The highest BCUT2D eigenvalue weighted by atomic mass is 35.5. The van der Waals surface area contributed by atoms with Crippen LogP contribution in [0.3, 0.4) is 0 Å². The normalized spacial score (nSPS) is 21.5. The lowest BCUT2D eigenvalue weighted by molar-refractivity contribution is -0.143. The molecule has 0 spiro atoms. The van der Waals surface area contributed by atoms with Gasteiger partial charge >= 0.3 is 0 Å². The molecule has 4 N–H and O–H groups in total. The van der Waals surface area contributed by atoms with Gasteiger partial charge in [-0.05, 0) is 32.3 Å². The van der Waals surface area contributed by atoms with Crippen molar-refractivity contribution in [2.75, 3.05) is 11.9 Å². The zero-order valence-electron chi connectivity index (χ0n) is 16.4. The van der Waals surface area contributed by atoms with Crippen molar-refractivity contribution in [3.63, 3.8) is 0 Å². The third kappa shape index (κ3) is 3.95. The van der Waals surface area contributed by atoms with E-state index in [4.69, 9.17) is 11.6 Å². The Morgan fingerprint density at radius 3 is 3.07 bits per heavy atom. The number of anilines is 1. The summed E-state index contributed by atoms with van der Waals surface area (Å²) in [6.07, 6.45) is 6.19. The molecule has 30 heavy (non-hydrogen) atoms. The number of nitrogens with zero attached hydrogens (tertiary/aromatic N) is 3. The Bertz CT molecular complexity index is 1090. The van der Waals surface area contributed by atoms with Gasteiger partial charge in [0, 0.05) is 42.4 Å². The number of carbonyl (C=O) groups is 1. The van der Waals surface area contributed by atoms with Crippen LogP contribution in [0, 0.1) is 5.82 Å². The van der Waals surface area contributed by atoms with E-state index >= 15 is 0 Å². The van der Waals surface area contributed by atoms with Gasteiger partial charge in [0.2, 0.25) is 0 Å². The summed E-state index contributed by atoms with van der Waals surface area (Å²) in [7, 11) is 0. The van der Waals surface area contributed by atoms with Crippen LogP contribution in [-0.4, -0.2) is 49.1 Å². The highest BCUT2D eigenvalue weighted by molar-refractivity contribution is 6.31. The van der Waals surface area contributed by atoms with Crippen LogP contribution in [-0.2, 0) is 4.79 Å². The van der Waals surface area contributed by atoms with E-state index in [1.54, 1.807) is 19.2 Å². The number of amides is 1. The number of rotatable bonds is 5. The van der Waals surface area contributed by atoms with E-state index in [1.165, 1.54) is 6.20 Å². The summed E-state index contributed by atoms with van der Waals surface area (Å²) in [6, 6.07) is 1.44. The Morgan fingerprint density at radius 1 is 1.43 bits per heavy atom. The molecule has 158 valence electrons. The molecule has 0 bridgehead atoms. The van der Waals surface area contributed by atoms with E-state index in [0.29, 0.717) is 47.9 Å². The van der Waals surface area contributed by atoms with Crippen molar-refractivity contribution < 1.29 is 14.3 Å². The lowest BCUT2D eigenvalue weighted by atomic mass is 9.81. The Morgan fingerprint density at radius 2 is 2.27 bits per heavy atom. The molecule has 1 saturated carbocycles. The van der Waals surface area contributed by atoms with Gasteiger partial charge in [-0.1, -0.05) is 11.6 Å². The van der Waals surface area contributed by atoms with Crippen molar-refractivity contribution in [3.05, 3.63) is 35.5 Å². The zero-order chi connectivity index (χ0) is 21.3. The van der Waals surface area contributed by atoms with E-state index in [0.717, 1.165) is 11.6 Å². The van der Waals surface area contributed by atoms with Gasteiger partial charge < -0.3 is 20.7 Å². The summed E-state index contributed by atoms with van der Waals surface area (Å²) in [6.45, 7) is 2.23. The molecule has 1 amide bonds. The molecule has 2 atom stereocenters. The number of nitrogens with one attached hydrogen (secondary N) is 3. The van der Waals surface area contributed by atoms with E-state index < -0.39 is 17.3 Å². The minimum atomic E-state index is -1.47. The van der Waals surface area contributed by atoms with Gasteiger partial charge in [-0.15, -0.1) is 0 Å². The molecule has 1 unspecified atom stereocenters. The van der Waals surface area contributed by atoms with Crippen LogP contribution in [0.1, 0.15) is 32.6 Å². The van der Waals surface area contributed by atoms with Gasteiger partial charge in [0.25, 0.3) is 5.91 Å². The molecular formula is C20H22ClFN6O2. The van der Waals surface area contributed by atoms with Crippen LogP contribution in [0.15, 0.2) is 24.7 Å². The molecule has 0 saturated heterocycles. The molecule has 3 aromatic heterocycles. The van der Waals surface area contributed by atoms with Crippen LogP contribution in [0.2, 0.25) is 5.02 Å². The van der Waals surface area contributed by atoms with Crippen LogP contribution in [0.4, 0.5) is 10.2 Å². The summed E-state index contributed by atoms with van der Waals surface area (Å²) in [4.78, 5) is 27.9. The molecular weight excluding hydrogens is 411 g/mol. The Balaban J connectivity index is 1.59. The van der Waals surface area contributed by atoms with Crippen LogP contribution in [0.25, 0.3) is 22.4 Å².